The Labute approximate surface area is 206 Å². The minimum atomic E-state index is -0.441. The summed E-state index contributed by atoms with van der Waals surface area (Å²) in [5.74, 6) is 0.384. The van der Waals surface area contributed by atoms with E-state index in [2.05, 4.69) is 10.6 Å². The van der Waals surface area contributed by atoms with Crippen molar-refractivity contribution in [3.8, 4) is 11.5 Å². The molecule has 4 rings (SSSR count). The summed E-state index contributed by atoms with van der Waals surface area (Å²) >= 11 is 0. The van der Waals surface area contributed by atoms with Crippen molar-refractivity contribution in [3.05, 3.63) is 89.5 Å². The lowest BCUT2D eigenvalue weighted by atomic mass is 9.87. The second-order valence-electron chi connectivity index (χ2n) is 8.70. The third-order valence-electron chi connectivity index (χ3n) is 6.39. The van der Waals surface area contributed by atoms with Gasteiger partial charge in [0.25, 0.3) is 0 Å². The molecule has 7 nitrogen and oxygen atoms in total. The Bertz CT molecular complexity index is 1160. The Hall–Kier alpha value is -4.00. The predicted octanol–water partition coefficient (Wildman–Crippen LogP) is 4.58. The highest BCUT2D eigenvalue weighted by molar-refractivity contribution is 5.91. The third-order valence-corrected chi connectivity index (χ3v) is 6.39. The number of likely N-dealkylation sites (tertiary alicyclic amines) is 1. The fourth-order valence-corrected chi connectivity index (χ4v) is 4.51. The zero-order valence-electron chi connectivity index (χ0n) is 20.3. The molecule has 182 valence electrons. The second-order valence-corrected chi connectivity index (χ2v) is 8.70. The van der Waals surface area contributed by atoms with Crippen molar-refractivity contribution in [2.24, 2.45) is 5.92 Å². The number of aryl methyl sites for hydroxylation is 1. The minimum absolute atomic E-state index is 0.102. The Kier molecular flexibility index (Phi) is 7.55. The largest absolute Gasteiger partial charge is 0.493 e. The molecule has 0 saturated carbocycles. The fourth-order valence-electron chi connectivity index (χ4n) is 4.51. The summed E-state index contributed by atoms with van der Waals surface area (Å²) in [4.78, 5) is 28.2. The molecule has 1 aliphatic rings. The van der Waals surface area contributed by atoms with Gasteiger partial charge in [0.1, 0.15) is 0 Å². The Morgan fingerprint density at radius 3 is 2.34 bits per heavy atom. The van der Waals surface area contributed by atoms with Gasteiger partial charge in [-0.25, -0.2) is 4.79 Å². The van der Waals surface area contributed by atoms with Crippen LogP contribution in [0.2, 0.25) is 0 Å². The van der Waals surface area contributed by atoms with Crippen LogP contribution in [0.5, 0.6) is 11.5 Å². The van der Waals surface area contributed by atoms with Crippen LogP contribution in [0.4, 0.5) is 10.5 Å². The summed E-state index contributed by atoms with van der Waals surface area (Å²) in [6, 6.07) is 22.8. The normalized spacial score (nSPS) is 17.1. The molecule has 1 heterocycles. The molecular formula is C28H31N3O4. The Balaban J connectivity index is 1.57. The van der Waals surface area contributed by atoms with Gasteiger partial charge in [-0.15, -0.1) is 0 Å². The molecule has 1 aliphatic heterocycles. The Morgan fingerprint density at radius 2 is 1.66 bits per heavy atom. The summed E-state index contributed by atoms with van der Waals surface area (Å²) in [7, 11) is 3.17. The number of rotatable bonds is 7. The van der Waals surface area contributed by atoms with Gasteiger partial charge in [-0.2, -0.15) is 0 Å². The zero-order chi connectivity index (χ0) is 24.8. The molecule has 2 atom stereocenters. The quantitative estimate of drug-likeness (QED) is 0.527. The summed E-state index contributed by atoms with van der Waals surface area (Å²) in [5, 5.41) is 6.00. The molecule has 3 amide bonds. The molecule has 0 bridgehead atoms. The van der Waals surface area contributed by atoms with Crippen molar-refractivity contribution in [2.75, 3.05) is 32.6 Å². The van der Waals surface area contributed by atoms with Crippen LogP contribution in [0.1, 0.15) is 22.6 Å². The molecule has 0 spiro atoms. The van der Waals surface area contributed by atoms with Crippen LogP contribution in [-0.4, -0.2) is 44.1 Å². The number of ether oxygens (including phenoxy) is 2. The number of nitrogens with one attached hydrogen (secondary N) is 2. The summed E-state index contributed by atoms with van der Waals surface area (Å²) in [6.45, 7) is 3.10. The van der Waals surface area contributed by atoms with E-state index in [1.165, 1.54) is 0 Å². The van der Waals surface area contributed by atoms with Crippen molar-refractivity contribution in [2.45, 2.75) is 19.4 Å². The smallest absolute Gasteiger partial charge is 0.321 e. The van der Waals surface area contributed by atoms with Gasteiger partial charge in [0, 0.05) is 36.8 Å². The number of para-hydroxylation sites is 1. The average Bonchev–Trinajstić information content (AvgIpc) is 3.34. The lowest BCUT2D eigenvalue weighted by Crippen LogP contribution is -2.36. The molecule has 0 aliphatic carbocycles. The van der Waals surface area contributed by atoms with Gasteiger partial charge in [0.15, 0.2) is 11.5 Å². The first kappa shape index (κ1) is 24.1. The van der Waals surface area contributed by atoms with Crippen LogP contribution in [0.3, 0.4) is 0 Å². The molecule has 1 saturated heterocycles. The van der Waals surface area contributed by atoms with Gasteiger partial charge in [0.05, 0.1) is 20.1 Å². The first-order valence-corrected chi connectivity index (χ1v) is 11.6. The number of nitrogens with zero attached hydrogens (tertiary/aromatic N) is 1. The van der Waals surface area contributed by atoms with Crippen LogP contribution in [0.15, 0.2) is 72.8 Å². The van der Waals surface area contributed by atoms with Gasteiger partial charge in [-0.05, 0) is 30.7 Å². The zero-order valence-corrected chi connectivity index (χ0v) is 20.3. The summed E-state index contributed by atoms with van der Waals surface area (Å²) < 4.78 is 11.1. The van der Waals surface area contributed by atoms with E-state index < -0.39 is 5.92 Å². The van der Waals surface area contributed by atoms with Crippen molar-refractivity contribution in [1.82, 2.24) is 10.2 Å². The van der Waals surface area contributed by atoms with Crippen molar-refractivity contribution >= 4 is 17.6 Å². The molecule has 0 aromatic heterocycles. The van der Waals surface area contributed by atoms with E-state index in [9.17, 15) is 9.59 Å². The van der Waals surface area contributed by atoms with Gasteiger partial charge in [-0.3, -0.25) is 4.79 Å². The number of hydrogen-bond donors (Lipinski definition) is 2. The average molecular weight is 474 g/mol. The van der Waals surface area contributed by atoms with Crippen LogP contribution in [-0.2, 0) is 11.3 Å². The number of urea groups is 1. The number of methoxy groups -OCH3 is 2. The van der Waals surface area contributed by atoms with Crippen molar-refractivity contribution in [3.63, 3.8) is 0 Å². The standard InChI is InChI=1S/C28H31N3O4/c1-19-12-14-21(15-13-19)30-28(33)31-17-23(22-10-7-11-25(34-2)26(22)35-3)24(18-31)27(32)29-16-20-8-5-4-6-9-20/h4-15,23-24H,16-18H2,1-3H3,(H,29,32)(H,30,33)/t23-,24+/m0/s1. The number of benzene rings is 3. The summed E-state index contributed by atoms with van der Waals surface area (Å²) in [5.41, 5.74) is 3.69. The van der Waals surface area contributed by atoms with E-state index in [4.69, 9.17) is 9.47 Å². The van der Waals surface area contributed by atoms with Crippen molar-refractivity contribution in [1.29, 1.82) is 0 Å². The number of anilines is 1. The van der Waals surface area contributed by atoms with E-state index in [0.717, 1.165) is 16.7 Å². The number of amides is 3. The number of hydrogen-bond acceptors (Lipinski definition) is 4. The molecule has 7 heteroatoms. The molecule has 3 aromatic carbocycles. The third kappa shape index (κ3) is 5.57. The van der Waals surface area contributed by atoms with Gasteiger partial charge < -0.3 is 25.0 Å². The molecule has 1 fully saturated rings. The predicted molar refractivity (Wildman–Crippen MR) is 136 cm³/mol. The molecule has 2 N–H and O–H groups in total. The number of carbonyl (C=O) groups is 2. The van der Waals surface area contributed by atoms with Crippen molar-refractivity contribution < 1.29 is 19.1 Å². The maximum atomic E-state index is 13.4. The maximum absolute atomic E-state index is 13.4. The first-order valence-electron chi connectivity index (χ1n) is 11.6. The highest BCUT2D eigenvalue weighted by Crippen LogP contribution is 2.42. The molecule has 0 radical (unpaired) electrons. The van der Waals surface area contributed by atoms with E-state index >= 15 is 0 Å². The monoisotopic (exact) mass is 473 g/mol. The minimum Gasteiger partial charge on any atom is -0.493 e. The fraction of sp³-hybridized carbons (Fsp3) is 0.286. The SMILES string of the molecule is COc1cccc([C@@H]2CN(C(=O)Nc3ccc(C)cc3)C[C@H]2C(=O)NCc2ccccc2)c1OC. The van der Waals surface area contributed by atoms with Gasteiger partial charge >= 0.3 is 6.03 Å². The Morgan fingerprint density at radius 1 is 0.914 bits per heavy atom. The lowest BCUT2D eigenvalue weighted by Gasteiger charge is -2.21. The van der Waals surface area contributed by atoms with E-state index in [-0.39, 0.29) is 17.9 Å². The van der Waals surface area contributed by atoms with E-state index in [1.54, 1.807) is 19.1 Å². The number of carbonyl (C=O) groups excluding carboxylic acids is 2. The molecule has 3 aromatic rings. The van der Waals surface area contributed by atoms with Crippen LogP contribution in [0.25, 0.3) is 0 Å². The molecular weight excluding hydrogens is 442 g/mol. The topological polar surface area (TPSA) is 79.9 Å². The highest BCUT2D eigenvalue weighted by Gasteiger charge is 2.42. The van der Waals surface area contributed by atoms with E-state index in [0.29, 0.717) is 36.8 Å². The van der Waals surface area contributed by atoms with Gasteiger partial charge in [0.2, 0.25) is 5.91 Å². The summed E-state index contributed by atoms with van der Waals surface area (Å²) in [6.07, 6.45) is 0. The first-order chi connectivity index (χ1) is 17.0. The molecule has 0 unspecified atom stereocenters. The van der Waals surface area contributed by atoms with Gasteiger partial charge in [-0.1, -0.05) is 60.2 Å². The van der Waals surface area contributed by atoms with Crippen LogP contribution < -0.4 is 20.1 Å². The van der Waals surface area contributed by atoms with Crippen LogP contribution >= 0.6 is 0 Å². The van der Waals surface area contributed by atoms with Crippen LogP contribution in [0, 0.1) is 12.8 Å². The van der Waals surface area contributed by atoms with E-state index in [1.807, 2.05) is 79.7 Å². The lowest BCUT2D eigenvalue weighted by molar-refractivity contribution is -0.125. The maximum Gasteiger partial charge on any atom is 0.321 e. The second kappa shape index (κ2) is 11.0. The molecule has 35 heavy (non-hydrogen) atoms. The highest BCUT2D eigenvalue weighted by atomic mass is 16.5.